The average molecular weight is 265 g/mol. The molecular formula is C12H11NO6. The molecule has 0 amide bonds. The Hall–Kier alpha value is -2.70. The summed E-state index contributed by atoms with van der Waals surface area (Å²) in [7, 11) is 0. The SMILES string of the molecule is CC(=O)OOc1cc2cc[nH]c2cc1OOC(C)=O. The zero-order chi connectivity index (χ0) is 13.8. The number of H-pyrrole nitrogens is 1. The van der Waals surface area contributed by atoms with Gasteiger partial charge in [0, 0.05) is 37.0 Å². The zero-order valence-electron chi connectivity index (χ0n) is 10.3. The first-order valence-corrected chi connectivity index (χ1v) is 5.37. The average Bonchev–Trinajstić information content (AvgIpc) is 2.79. The van der Waals surface area contributed by atoms with Gasteiger partial charge in [-0.1, -0.05) is 0 Å². The minimum absolute atomic E-state index is 0.103. The molecule has 0 fully saturated rings. The lowest BCUT2D eigenvalue weighted by molar-refractivity contribution is -0.223. The summed E-state index contributed by atoms with van der Waals surface area (Å²) in [5, 5.41) is 0.817. The van der Waals surface area contributed by atoms with Crippen LogP contribution in [0.5, 0.6) is 11.5 Å². The molecule has 0 aliphatic heterocycles. The number of aromatic nitrogens is 1. The van der Waals surface area contributed by atoms with Gasteiger partial charge in [-0.3, -0.25) is 19.6 Å². The van der Waals surface area contributed by atoms with E-state index in [9.17, 15) is 9.59 Å². The summed E-state index contributed by atoms with van der Waals surface area (Å²) in [5.74, 6) is -1.02. The summed E-state index contributed by atoms with van der Waals surface area (Å²) in [4.78, 5) is 42.9. The molecule has 0 atom stereocenters. The van der Waals surface area contributed by atoms with Crippen molar-refractivity contribution in [2.45, 2.75) is 13.8 Å². The monoisotopic (exact) mass is 265 g/mol. The Balaban J connectivity index is 2.29. The molecule has 0 saturated carbocycles. The van der Waals surface area contributed by atoms with Crippen LogP contribution in [0.3, 0.4) is 0 Å². The van der Waals surface area contributed by atoms with Crippen molar-refractivity contribution in [3.05, 3.63) is 24.4 Å². The van der Waals surface area contributed by atoms with Gasteiger partial charge in [0.2, 0.25) is 11.5 Å². The molecular weight excluding hydrogens is 254 g/mol. The van der Waals surface area contributed by atoms with Crippen LogP contribution in [0.4, 0.5) is 0 Å². The molecule has 1 N–H and O–H groups in total. The van der Waals surface area contributed by atoms with Crippen LogP contribution >= 0.6 is 0 Å². The largest absolute Gasteiger partial charge is 0.361 e. The molecule has 2 rings (SSSR count). The van der Waals surface area contributed by atoms with Gasteiger partial charge in [0.15, 0.2) is 0 Å². The molecule has 2 aromatic rings. The number of carbonyl (C=O) groups excluding carboxylic acids is 2. The number of hydrogen-bond donors (Lipinski definition) is 1. The van der Waals surface area contributed by atoms with Crippen LogP contribution in [0.25, 0.3) is 10.9 Å². The third-order valence-electron chi connectivity index (χ3n) is 2.12. The number of aromatic amines is 1. The first-order chi connectivity index (χ1) is 9.06. The molecule has 1 heterocycles. The maximum Gasteiger partial charge on any atom is 0.352 e. The Morgan fingerprint density at radius 3 is 2.16 bits per heavy atom. The van der Waals surface area contributed by atoms with Crippen LogP contribution in [-0.4, -0.2) is 16.9 Å². The molecule has 0 bridgehead atoms. The van der Waals surface area contributed by atoms with Gasteiger partial charge in [-0.25, -0.2) is 9.59 Å². The van der Waals surface area contributed by atoms with E-state index >= 15 is 0 Å². The molecule has 0 spiro atoms. The summed E-state index contributed by atoms with van der Waals surface area (Å²) in [5.41, 5.74) is 0.748. The quantitative estimate of drug-likeness (QED) is 0.671. The Morgan fingerprint density at radius 2 is 1.58 bits per heavy atom. The van der Waals surface area contributed by atoms with Crippen LogP contribution in [0.1, 0.15) is 13.8 Å². The van der Waals surface area contributed by atoms with Crippen LogP contribution in [0, 0.1) is 0 Å². The predicted molar refractivity (Wildman–Crippen MR) is 63.1 cm³/mol. The molecule has 1 aromatic heterocycles. The Bertz CT molecular complexity index is 566. The molecule has 100 valence electrons. The number of hydrogen-bond acceptors (Lipinski definition) is 6. The smallest absolute Gasteiger partial charge is 0.352 e. The standard InChI is InChI=1S/C12H11NO6/c1-7(14)16-18-11-5-9-3-4-13-10(9)6-12(11)19-17-8(2)15/h3-6,13H,1-2H3. The summed E-state index contributed by atoms with van der Waals surface area (Å²) in [6.07, 6.45) is 1.72. The third kappa shape index (κ3) is 3.15. The van der Waals surface area contributed by atoms with Crippen molar-refractivity contribution in [1.82, 2.24) is 4.98 Å². The summed E-state index contributed by atoms with van der Waals surface area (Å²) in [6.45, 7) is 2.39. The lowest BCUT2D eigenvalue weighted by atomic mass is 10.2. The van der Waals surface area contributed by atoms with Gasteiger partial charge in [-0.2, -0.15) is 0 Å². The molecule has 19 heavy (non-hydrogen) atoms. The van der Waals surface area contributed by atoms with Crippen molar-refractivity contribution in [2.24, 2.45) is 0 Å². The van der Waals surface area contributed by atoms with Crippen molar-refractivity contribution >= 4 is 22.8 Å². The van der Waals surface area contributed by atoms with Gasteiger partial charge >= 0.3 is 11.9 Å². The minimum atomic E-state index is -0.620. The van der Waals surface area contributed by atoms with Crippen LogP contribution < -0.4 is 9.78 Å². The highest BCUT2D eigenvalue weighted by Crippen LogP contribution is 2.32. The second-order valence-electron chi connectivity index (χ2n) is 3.68. The number of nitrogens with one attached hydrogen (secondary N) is 1. The van der Waals surface area contributed by atoms with Crippen LogP contribution in [0.2, 0.25) is 0 Å². The van der Waals surface area contributed by atoms with E-state index < -0.39 is 11.9 Å². The minimum Gasteiger partial charge on any atom is -0.361 e. The normalized spacial score (nSPS) is 10.0. The third-order valence-corrected chi connectivity index (χ3v) is 2.12. The number of benzene rings is 1. The van der Waals surface area contributed by atoms with Gasteiger partial charge in [-0.05, 0) is 12.1 Å². The van der Waals surface area contributed by atoms with E-state index in [1.807, 2.05) is 0 Å². The Morgan fingerprint density at radius 1 is 1.00 bits per heavy atom. The molecule has 0 unspecified atom stereocenters. The maximum atomic E-state index is 10.7. The summed E-state index contributed by atoms with van der Waals surface area (Å²) >= 11 is 0. The molecule has 7 heteroatoms. The van der Waals surface area contributed by atoms with E-state index in [2.05, 4.69) is 14.8 Å². The van der Waals surface area contributed by atoms with Crippen molar-refractivity contribution in [3.63, 3.8) is 0 Å². The second kappa shape index (κ2) is 5.30. The van der Waals surface area contributed by atoms with Gasteiger partial charge in [-0.15, -0.1) is 0 Å². The summed E-state index contributed by atoms with van der Waals surface area (Å²) < 4.78 is 0. The van der Waals surface area contributed by atoms with Gasteiger partial charge < -0.3 is 4.98 Å². The molecule has 0 saturated heterocycles. The second-order valence-corrected chi connectivity index (χ2v) is 3.68. The van der Waals surface area contributed by atoms with Crippen molar-refractivity contribution < 1.29 is 29.1 Å². The maximum absolute atomic E-state index is 10.7. The van der Waals surface area contributed by atoms with Gasteiger partial charge in [0.25, 0.3) is 0 Å². The van der Waals surface area contributed by atoms with Gasteiger partial charge in [0.1, 0.15) is 0 Å². The fourth-order valence-corrected chi connectivity index (χ4v) is 1.40. The molecule has 0 aliphatic rings. The van der Waals surface area contributed by atoms with E-state index in [4.69, 9.17) is 9.78 Å². The number of carbonyl (C=O) groups is 2. The Kier molecular flexibility index (Phi) is 3.56. The molecule has 1 aromatic carbocycles. The predicted octanol–water partition coefficient (Wildman–Crippen LogP) is 1.88. The van der Waals surface area contributed by atoms with Crippen molar-refractivity contribution in [2.75, 3.05) is 0 Å². The summed E-state index contributed by atoms with van der Waals surface area (Å²) in [6, 6.07) is 4.93. The Labute approximate surface area is 107 Å². The topological polar surface area (TPSA) is 86.8 Å². The van der Waals surface area contributed by atoms with E-state index in [1.165, 1.54) is 13.8 Å². The van der Waals surface area contributed by atoms with Crippen LogP contribution in [0.15, 0.2) is 24.4 Å². The van der Waals surface area contributed by atoms with Gasteiger partial charge in [0.05, 0.1) is 0 Å². The molecule has 0 radical (unpaired) electrons. The highest BCUT2D eigenvalue weighted by Gasteiger charge is 2.13. The first-order valence-electron chi connectivity index (χ1n) is 5.37. The molecule has 0 aliphatic carbocycles. The van der Waals surface area contributed by atoms with E-state index in [1.54, 1.807) is 24.4 Å². The highest BCUT2D eigenvalue weighted by atomic mass is 17.2. The van der Waals surface area contributed by atoms with E-state index in [0.29, 0.717) is 0 Å². The number of rotatable bonds is 4. The lowest BCUT2D eigenvalue weighted by Gasteiger charge is -2.08. The van der Waals surface area contributed by atoms with E-state index in [-0.39, 0.29) is 11.5 Å². The fourth-order valence-electron chi connectivity index (χ4n) is 1.40. The van der Waals surface area contributed by atoms with Crippen molar-refractivity contribution in [1.29, 1.82) is 0 Å². The molecule has 7 nitrogen and oxygen atoms in total. The van der Waals surface area contributed by atoms with Crippen LogP contribution in [-0.2, 0) is 19.4 Å². The zero-order valence-corrected chi connectivity index (χ0v) is 10.3. The lowest BCUT2D eigenvalue weighted by Crippen LogP contribution is -2.07. The number of fused-ring (bicyclic) bond motifs is 1. The fraction of sp³-hybridized carbons (Fsp3) is 0.167. The first kappa shape index (κ1) is 12.7. The van der Waals surface area contributed by atoms with E-state index in [0.717, 1.165) is 10.9 Å². The highest BCUT2D eigenvalue weighted by molar-refractivity contribution is 5.83. The van der Waals surface area contributed by atoms with Crippen molar-refractivity contribution in [3.8, 4) is 11.5 Å².